The van der Waals surface area contributed by atoms with Crippen molar-refractivity contribution >= 4 is 5.95 Å². The summed E-state index contributed by atoms with van der Waals surface area (Å²) in [5.41, 5.74) is 4.73. The van der Waals surface area contributed by atoms with E-state index in [0.717, 1.165) is 16.8 Å². The maximum atomic E-state index is 12.4. The highest BCUT2D eigenvalue weighted by molar-refractivity contribution is 5.34. The van der Waals surface area contributed by atoms with E-state index in [2.05, 4.69) is 15.1 Å². The Kier molecular flexibility index (Phi) is 3.28. The van der Waals surface area contributed by atoms with Gasteiger partial charge in [-0.15, -0.1) is 5.10 Å². The van der Waals surface area contributed by atoms with Gasteiger partial charge >= 0.3 is 12.2 Å². The zero-order valence-corrected chi connectivity index (χ0v) is 9.85. The topological polar surface area (TPSA) is 78.9 Å². The van der Waals surface area contributed by atoms with Crippen molar-refractivity contribution in [3.63, 3.8) is 0 Å². The lowest BCUT2D eigenvalue weighted by atomic mass is 10.3. The number of ether oxygens (including phenoxy) is 1. The Balaban J connectivity index is 2.32. The predicted octanol–water partition coefficient (Wildman–Crippen LogP) is 1.66. The van der Waals surface area contributed by atoms with Gasteiger partial charge in [0, 0.05) is 6.20 Å². The first-order valence-corrected chi connectivity index (χ1v) is 5.30. The lowest BCUT2D eigenvalue weighted by Gasteiger charge is -2.06. The number of aromatic nitrogens is 4. The molecule has 0 bridgehead atoms. The summed E-state index contributed by atoms with van der Waals surface area (Å²) in [6, 6.07) is 2.09. The van der Waals surface area contributed by atoms with Crippen LogP contribution in [0.5, 0.6) is 6.01 Å². The Morgan fingerprint density at radius 1 is 1.37 bits per heavy atom. The third kappa shape index (κ3) is 2.75. The molecule has 0 amide bonds. The Hall–Kier alpha value is -2.32. The fourth-order valence-electron chi connectivity index (χ4n) is 1.34. The molecule has 0 saturated heterocycles. The van der Waals surface area contributed by atoms with Gasteiger partial charge < -0.3 is 10.5 Å². The summed E-state index contributed by atoms with van der Waals surface area (Å²) in [5.74, 6) is 0.111. The van der Waals surface area contributed by atoms with Crippen molar-refractivity contribution in [1.82, 2.24) is 19.7 Å². The molecule has 0 atom stereocenters. The Labute approximate surface area is 106 Å². The van der Waals surface area contributed by atoms with Crippen molar-refractivity contribution in [2.24, 2.45) is 0 Å². The van der Waals surface area contributed by atoms with Gasteiger partial charge in [0.05, 0.1) is 12.2 Å². The van der Waals surface area contributed by atoms with Crippen LogP contribution in [0.15, 0.2) is 18.3 Å². The molecule has 6 nitrogen and oxygen atoms in total. The van der Waals surface area contributed by atoms with Gasteiger partial charge in [0.25, 0.3) is 0 Å². The normalized spacial score (nSPS) is 11.6. The molecular formula is C10H10F3N5O. The lowest BCUT2D eigenvalue weighted by Crippen LogP contribution is -2.08. The largest absolute Gasteiger partial charge is 0.463 e. The minimum Gasteiger partial charge on any atom is -0.463 e. The molecule has 2 N–H and O–H groups in total. The number of nitrogen functional groups attached to an aromatic ring is 1. The van der Waals surface area contributed by atoms with Gasteiger partial charge in [-0.05, 0) is 19.1 Å². The van der Waals surface area contributed by atoms with Crippen LogP contribution in [0, 0.1) is 0 Å². The van der Waals surface area contributed by atoms with Gasteiger partial charge in [-0.2, -0.15) is 22.8 Å². The van der Waals surface area contributed by atoms with Gasteiger partial charge in [0.15, 0.2) is 5.82 Å². The summed E-state index contributed by atoms with van der Waals surface area (Å²) in [5, 5.41) is 3.88. The minimum atomic E-state index is -4.43. The van der Waals surface area contributed by atoms with Crippen LogP contribution in [0.25, 0.3) is 5.82 Å². The Morgan fingerprint density at radius 3 is 2.63 bits per heavy atom. The standard InChI is InChI=1S/C10H10F3N5O/c1-2-19-9-16-8(14)18(17-9)7-4-3-6(5-15-7)10(11,12)13/h3-5H,2H2,1H3,(H2,14,16,17). The molecule has 0 fully saturated rings. The summed E-state index contributed by atoms with van der Waals surface area (Å²) in [6.07, 6.45) is -3.73. The van der Waals surface area contributed by atoms with Gasteiger partial charge in [-0.3, -0.25) is 0 Å². The molecule has 0 radical (unpaired) electrons. The Bertz CT molecular complexity index is 564. The first-order chi connectivity index (χ1) is 8.91. The van der Waals surface area contributed by atoms with Crippen LogP contribution in [0.4, 0.5) is 19.1 Å². The number of hydrogen-bond donors (Lipinski definition) is 1. The van der Waals surface area contributed by atoms with E-state index in [1.165, 1.54) is 0 Å². The zero-order chi connectivity index (χ0) is 14.0. The van der Waals surface area contributed by atoms with E-state index in [-0.39, 0.29) is 17.8 Å². The number of nitrogens with two attached hydrogens (primary N) is 1. The van der Waals surface area contributed by atoms with E-state index < -0.39 is 11.7 Å². The molecule has 19 heavy (non-hydrogen) atoms. The van der Waals surface area contributed by atoms with E-state index in [9.17, 15) is 13.2 Å². The van der Waals surface area contributed by atoms with E-state index in [1.54, 1.807) is 6.92 Å². The lowest BCUT2D eigenvalue weighted by molar-refractivity contribution is -0.137. The molecule has 0 unspecified atom stereocenters. The van der Waals surface area contributed by atoms with Gasteiger partial charge in [0.2, 0.25) is 5.95 Å². The molecule has 0 spiro atoms. The highest BCUT2D eigenvalue weighted by atomic mass is 19.4. The van der Waals surface area contributed by atoms with Crippen molar-refractivity contribution in [3.05, 3.63) is 23.9 Å². The first-order valence-electron chi connectivity index (χ1n) is 5.30. The van der Waals surface area contributed by atoms with Crippen LogP contribution < -0.4 is 10.5 Å². The van der Waals surface area contributed by atoms with Crippen LogP contribution in [-0.4, -0.2) is 26.4 Å². The number of rotatable bonds is 3. The van der Waals surface area contributed by atoms with Crippen LogP contribution in [-0.2, 0) is 6.18 Å². The maximum Gasteiger partial charge on any atom is 0.417 e. The molecular weight excluding hydrogens is 263 g/mol. The average molecular weight is 273 g/mol. The molecule has 9 heteroatoms. The number of alkyl halides is 3. The van der Waals surface area contributed by atoms with Crippen molar-refractivity contribution < 1.29 is 17.9 Å². The SMILES string of the molecule is CCOc1nc(N)n(-c2ccc(C(F)(F)F)cn2)n1. The number of anilines is 1. The quantitative estimate of drug-likeness (QED) is 0.920. The smallest absolute Gasteiger partial charge is 0.417 e. The highest BCUT2D eigenvalue weighted by Gasteiger charge is 2.30. The first kappa shape index (κ1) is 13.1. The van der Waals surface area contributed by atoms with E-state index in [4.69, 9.17) is 10.5 Å². The summed E-state index contributed by atoms with van der Waals surface area (Å²) in [4.78, 5) is 7.45. The number of nitrogens with zero attached hydrogens (tertiary/aromatic N) is 4. The molecule has 2 heterocycles. The van der Waals surface area contributed by atoms with Crippen LogP contribution >= 0.6 is 0 Å². The fourth-order valence-corrected chi connectivity index (χ4v) is 1.34. The van der Waals surface area contributed by atoms with Crippen molar-refractivity contribution in [2.45, 2.75) is 13.1 Å². The molecule has 0 aromatic carbocycles. The van der Waals surface area contributed by atoms with Gasteiger partial charge in [-0.25, -0.2) is 4.98 Å². The Morgan fingerprint density at radius 2 is 2.11 bits per heavy atom. The van der Waals surface area contributed by atoms with E-state index >= 15 is 0 Å². The summed E-state index contributed by atoms with van der Waals surface area (Å²) in [7, 11) is 0. The molecule has 2 aromatic heterocycles. The third-order valence-electron chi connectivity index (χ3n) is 2.18. The summed E-state index contributed by atoms with van der Waals surface area (Å²) in [6.45, 7) is 2.09. The molecule has 0 saturated carbocycles. The van der Waals surface area contributed by atoms with Gasteiger partial charge in [0.1, 0.15) is 0 Å². The second-order valence-corrected chi connectivity index (χ2v) is 3.50. The van der Waals surface area contributed by atoms with Crippen LogP contribution in [0.1, 0.15) is 12.5 Å². The second-order valence-electron chi connectivity index (χ2n) is 3.50. The summed E-state index contributed by atoms with van der Waals surface area (Å²) < 4.78 is 43.3. The van der Waals surface area contributed by atoms with Crippen molar-refractivity contribution in [1.29, 1.82) is 0 Å². The van der Waals surface area contributed by atoms with Crippen molar-refractivity contribution in [3.8, 4) is 11.8 Å². The van der Waals surface area contributed by atoms with E-state index in [1.807, 2.05) is 0 Å². The monoisotopic (exact) mass is 273 g/mol. The maximum absolute atomic E-state index is 12.4. The second kappa shape index (κ2) is 4.75. The average Bonchev–Trinajstić information content (AvgIpc) is 2.70. The third-order valence-corrected chi connectivity index (χ3v) is 2.18. The highest BCUT2D eigenvalue weighted by Crippen LogP contribution is 2.28. The molecule has 102 valence electrons. The minimum absolute atomic E-state index is 0.0179. The number of pyridine rings is 1. The van der Waals surface area contributed by atoms with Crippen LogP contribution in [0.2, 0.25) is 0 Å². The predicted molar refractivity (Wildman–Crippen MR) is 59.7 cm³/mol. The number of halogens is 3. The molecule has 0 aliphatic carbocycles. The molecule has 0 aliphatic rings. The van der Waals surface area contributed by atoms with Crippen molar-refractivity contribution in [2.75, 3.05) is 12.3 Å². The van der Waals surface area contributed by atoms with Crippen LogP contribution in [0.3, 0.4) is 0 Å². The molecule has 2 aromatic rings. The zero-order valence-electron chi connectivity index (χ0n) is 9.85. The fraction of sp³-hybridized carbons (Fsp3) is 0.300. The van der Waals surface area contributed by atoms with E-state index in [0.29, 0.717) is 12.8 Å². The number of hydrogen-bond acceptors (Lipinski definition) is 5. The van der Waals surface area contributed by atoms with Gasteiger partial charge in [-0.1, -0.05) is 0 Å². The molecule has 2 rings (SSSR count). The molecule has 0 aliphatic heterocycles. The summed E-state index contributed by atoms with van der Waals surface area (Å²) >= 11 is 0.